The van der Waals surface area contributed by atoms with Gasteiger partial charge in [0.2, 0.25) is 10.0 Å². The fourth-order valence-corrected chi connectivity index (χ4v) is 4.55. The van der Waals surface area contributed by atoms with Crippen LogP contribution >= 0.6 is 15.9 Å². The lowest BCUT2D eigenvalue weighted by molar-refractivity contribution is 0.373. The highest BCUT2D eigenvalue weighted by atomic mass is 79.9. The van der Waals surface area contributed by atoms with Crippen molar-refractivity contribution in [1.82, 2.24) is 4.72 Å². The zero-order valence-corrected chi connectivity index (χ0v) is 14.3. The molecule has 0 spiro atoms. The van der Waals surface area contributed by atoms with E-state index in [9.17, 15) is 8.42 Å². The maximum atomic E-state index is 12.2. The lowest BCUT2D eigenvalue weighted by Gasteiger charge is -2.22. The Morgan fingerprint density at radius 2 is 1.84 bits per heavy atom. The van der Waals surface area contributed by atoms with Crippen molar-refractivity contribution in [2.24, 2.45) is 5.41 Å². The summed E-state index contributed by atoms with van der Waals surface area (Å²) in [4.78, 5) is 0.483. The molecule has 0 amide bonds. The molecule has 0 saturated heterocycles. The number of rotatable bonds is 5. The Kier molecular flexibility index (Phi) is 5.59. The van der Waals surface area contributed by atoms with Crippen LogP contribution in [0.4, 0.5) is 0 Å². The Hall–Kier alpha value is -0.390. The third-order valence-corrected chi connectivity index (χ3v) is 4.94. The lowest BCUT2D eigenvalue weighted by Crippen LogP contribution is -2.31. The van der Waals surface area contributed by atoms with Gasteiger partial charge in [-0.15, -0.1) is 0 Å². The summed E-state index contributed by atoms with van der Waals surface area (Å²) in [6, 6.07) is 7.00. The van der Waals surface area contributed by atoms with Gasteiger partial charge in [-0.1, -0.05) is 54.9 Å². The number of alkyl halides is 1. The zero-order chi connectivity index (χ0) is 14.7. The average molecular weight is 348 g/mol. The van der Waals surface area contributed by atoms with E-state index in [1.54, 1.807) is 25.1 Å². The minimum atomic E-state index is -3.42. The van der Waals surface area contributed by atoms with Crippen LogP contribution in [0.15, 0.2) is 29.2 Å². The Morgan fingerprint density at radius 1 is 1.26 bits per heavy atom. The van der Waals surface area contributed by atoms with Crippen LogP contribution in [-0.2, 0) is 10.0 Å². The molecular formula is C14H22BrNO2S. The van der Waals surface area contributed by atoms with E-state index in [4.69, 9.17) is 0 Å². The van der Waals surface area contributed by atoms with Gasteiger partial charge in [0.05, 0.1) is 4.90 Å². The van der Waals surface area contributed by atoms with Crippen LogP contribution in [0.2, 0.25) is 0 Å². The highest BCUT2D eigenvalue weighted by molar-refractivity contribution is 9.09. The van der Waals surface area contributed by atoms with Gasteiger partial charge in [0, 0.05) is 11.4 Å². The van der Waals surface area contributed by atoms with Gasteiger partial charge >= 0.3 is 0 Å². The van der Waals surface area contributed by atoms with E-state index in [1.165, 1.54) is 0 Å². The van der Waals surface area contributed by atoms with Crippen molar-refractivity contribution in [3.8, 4) is 0 Å². The first-order valence-corrected chi connectivity index (χ1v) is 8.71. The standard InChI is InChI=1S/C14H22BrNO2S/c1-11-7-5-6-8-13(11)19(17,18)16-10-12(15)9-14(2,3)4/h5-8,12,16H,9-10H2,1-4H3. The summed E-state index contributed by atoms with van der Waals surface area (Å²) in [6.07, 6.45) is 0.906. The van der Waals surface area contributed by atoms with Crippen LogP contribution in [0.25, 0.3) is 0 Å². The minimum absolute atomic E-state index is 0.131. The number of hydrogen-bond donors (Lipinski definition) is 1. The summed E-state index contributed by atoms with van der Waals surface area (Å²) in [6.45, 7) is 8.61. The number of aryl methyl sites for hydroxylation is 1. The predicted molar refractivity (Wildman–Crippen MR) is 83.2 cm³/mol. The molecule has 1 N–H and O–H groups in total. The lowest BCUT2D eigenvalue weighted by atomic mass is 9.91. The van der Waals surface area contributed by atoms with Crippen molar-refractivity contribution in [3.63, 3.8) is 0 Å². The summed E-state index contributed by atoms with van der Waals surface area (Å²) in [5.41, 5.74) is 0.930. The van der Waals surface area contributed by atoms with E-state index in [2.05, 4.69) is 41.4 Å². The summed E-state index contributed by atoms with van der Waals surface area (Å²) in [7, 11) is -3.42. The molecule has 0 aliphatic carbocycles. The molecule has 0 heterocycles. The molecule has 0 aromatic heterocycles. The van der Waals surface area contributed by atoms with Crippen LogP contribution in [0.1, 0.15) is 32.8 Å². The largest absolute Gasteiger partial charge is 0.240 e. The summed E-state index contributed by atoms with van der Waals surface area (Å²) in [5.74, 6) is 0. The molecule has 3 nitrogen and oxygen atoms in total. The van der Waals surface area contributed by atoms with Crippen molar-refractivity contribution in [1.29, 1.82) is 0 Å². The molecule has 0 radical (unpaired) electrons. The molecule has 0 saturated carbocycles. The molecule has 1 rings (SSSR count). The predicted octanol–water partition coefficient (Wildman–Crippen LogP) is 3.47. The first-order chi connectivity index (χ1) is 8.62. The van der Waals surface area contributed by atoms with Crippen molar-refractivity contribution in [2.75, 3.05) is 6.54 Å². The first-order valence-electron chi connectivity index (χ1n) is 6.31. The van der Waals surface area contributed by atoms with Crippen LogP contribution < -0.4 is 4.72 Å². The fourth-order valence-electron chi connectivity index (χ4n) is 1.87. The average Bonchev–Trinajstić information content (AvgIpc) is 2.24. The molecule has 0 aliphatic heterocycles. The second kappa shape index (κ2) is 6.37. The van der Waals surface area contributed by atoms with Gasteiger partial charge in [-0.2, -0.15) is 0 Å². The Labute approximate surface area is 125 Å². The molecule has 1 atom stereocenters. The third kappa shape index (κ3) is 5.63. The molecule has 5 heteroatoms. The molecule has 0 aliphatic rings. The van der Waals surface area contributed by atoms with Gasteiger partial charge in [-0.25, -0.2) is 13.1 Å². The van der Waals surface area contributed by atoms with E-state index in [0.29, 0.717) is 11.4 Å². The van der Waals surface area contributed by atoms with Crippen LogP contribution in [0.5, 0.6) is 0 Å². The van der Waals surface area contributed by atoms with E-state index in [1.807, 2.05) is 6.07 Å². The zero-order valence-electron chi connectivity index (χ0n) is 11.9. The van der Waals surface area contributed by atoms with Gasteiger partial charge < -0.3 is 0 Å². The second-order valence-corrected chi connectivity index (χ2v) is 9.01. The van der Waals surface area contributed by atoms with E-state index in [0.717, 1.165) is 12.0 Å². The van der Waals surface area contributed by atoms with E-state index < -0.39 is 10.0 Å². The van der Waals surface area contributed by atoms with Crippen LogP contribution in [0, 0.1) is 12.3 Å². The molecule has 19 heavy (non-hydrogen) atoms. The van der Waals surface area contributed by atoms with Crippen molar-refractivity contribution >= 4 is 26.0 Å². The monoisotopic (exact) mass is 347 g/mol. The summed E-state index contributed by atoms with van der Waals surface area (Å²) >= 11 is 3.53. The second-order valence-electron chi connectivity index (χ2n) is 5.98. The number of benzene rings is 1. The van der Waals surface area contributed by atoms with Crippen molar-refractivity contribution in [2.45, 2.75) is 43.8 Å². The molecule has 108 valence electrons. The summed E-state index contributed by atoms with van der Waals surface area (Å²) in [5, 5.41) is 0. The molecule has 1 aromatic rings. The number of nitrogens with one attached hydrogen (secondary N) is 1. The Bertz CT molecular complexity index is 520. The maximum absolute atomic E-state index is 12.2. The van der Waals surface area contributed by atoms with Crippen LogP contribution in [-0.4, -0.2) is 19.8 Å². The normalized spacial score (nSPS) is 14.4. The quantitative estimate of drug-likeness (QED) is 0.828. The van der Waals surface area contributed by atoms with Crippen LogP contribution in [0.3, 0.4) is 0 Å². The highest BCUT2D eigenvalue weighted by Crippen LogP contribution is 2.24. The Morgan fingerprint density at radius 3 is 2.37 bits per heavy atom. The first kappa shape index (κ1) is 16.7. The molecular weight excluding hydrogens is 326 g/mol. The van der Waals surface area contributed by atoms with Gasteiger partial charge in [0.25, 0.3) is 0 Å². The fraction of sp³-hybridized carbons (Fsp3) is 0.571. The van der Waals surface area contributed by atoms with E-state index >= 15 is 0 Å². The molecule has 0 fully saturated rings. The van der Waals surface area contributed by atoms with Gasteiger partial charge in [-0.05, 0) is 30.4 Å². The van der Waals surface area contributed by atoms with Crippen molar-refractivity contribution in [3.05, 3.63) is 29.8 Å². The van der Waals surface area contributed by atoms with E-state index in [-0.39, 0.29) is 10.2 Å². The third-order valence-electron chi connectivity index (χ3n) is 2.71. The Balaban J connectivity index is 2.70. The number of halogens is 1. The molecule has 0 bridgehead atoms. The molecule has 1 unspecified atom stereocenters. The minimum Gasteiger partial charge on any atom is -0.210 e. The van der Waals surface area contributed by atoms with Crippen molar-refractivity contribution < 1.29 is 8.42 Å². The highest BCUT2D eigenvalue weighted by Gasteiger charge is 2.20. The van der Waals surface area contributed by atoms with Gasteiger partial charge in [0.15, 0.2) is 0 Å². The van der Waals surface area contributed by atoms with Gasteiger partial charge in [0.1, 0.15) is 0 Å². The molecule has 1 aromatic carbocycles. The topological polar surface area (TPSA) is 46.2 Å². The number of sulfonamides is 1. The SMILES string of the molecule is Cc1ccccc1S(=O)(=O)NCC(Br)CC(C)(C)C. The smallest absolute Gasteiger partial charge is 0.210 e. The summed E-state index contributed by atoms with van der Waals surface area (Å²) < 4.78 is 27.0. The maximum Gasteiger partial charge on any atom is 0.240 e. The number of hydrogen-bond acceptors (Lipinski definition) is 2. The van der Waals surface area contributed by atoms with Gasteiger partial charge in [-0.3, -0.25) is 0 Å².